The minimum atomic E-state index is -0.0492. The summed E-state index contributed by atoms with van der Waals surface area (Å²) in [6.45, 7) is 5.07. The zero-order valence-corrected chi connectivity index (χ0v) is 14.7. The molecule has 0 saturated carbocycles. The van der Waals surface area contributed by atoms with E-state index in [9.17, 15) is 4.79 Å². The predicted molar refractivity (Wildman–Crippen MR) is 93.1 cm³/mol. The van der Waals surface area contributed by atoms with Crippen LogP contribution in [0, 0.1) is 6.92 Å². The first kappa shape index (κ1) is 17.1. The summed E-state index contributed by atoms with van der Waals surface area (Å²) in [5.74, 6) is 1.11. The van der Waals surface area contributed by atoms with Gasteiger partial charge in [0.1, 0.15) is 5.76 Å². The molecule has 0 spiro atoms. The quantitative estimate of drug-likeness (QED) is 0.793. The SMILES string of the molecule is Cc1cc(NC(=O)CCN(Cc2cccs2)C[C@@H]2CCCO2)no1. The molecule has 2 aromatic rings. The monoisotopic (exact) mass is 349 g/mol. The minimum absolute atomic E-state index is 0.0492. The number of carbonyl (C=O) groups is 1. The van der Waals surface area contributed by atoms with E-state index in [1.54, 1.807) is 24.3 Å². The van der Waals surface area contributed by atoms with Gasteiger partial charge in [-0.05, 0) is 31.2 Å². The van der Waals surface area contributed by atoms with E-state index in [4.69, 9.17) is 9.26 Å². The third-order valence-corrected chi connectivity index (χ3v) is 4.86. The van der Waals surface area contributed by atoms with Gasteiger partial charge in [-0.25, -0.2) is 0 Å². The van der Waals surface area contributed by atoms with Crippen LogP contribution in [0.15, 0.2) is 28.1 Å². The average Bonchev–Trinajstić information content (AvgIpc) is 3.29. The van der Waals surface area contributed by atoms with Crippen LogP contribution in [0.1, 0.15) is 29.9 Å². The van der Waals surface area contributed by atoms with Gasteiger partial charge in [-0.2, -0.15) is 0 Å². The second kappa shape index (κ2) is 8.41. The fourth-order valence-electron chi connectivity index (χ4n) is 2.82. The van der Waals surface area contributed by atoms with Crippen molar-refractivity contribution in [1.82, 2.24) is 10.1 Å². The highest BCUT2D eigenvalue weighted by atomic mass is 32.1. The molecule has 6 nitrogen and oxygen atoms in total. The van der Waals surface area contributed by atoms with Gasteiger partial charge in [0.05, 0.1) is 6.10 Å². The van der Waals surface area contributed by atoms with Crippen LogP contribution in [0.3, 0.4) is 0 Å². The lowest BCUT2D eigenvalue weighted by Crippen LogP contribution is -2.34. The molecule has 1 aliphatic rings. The Bertz CT molecular complexity index is 635. The molecule has 2 aromatic heterocycles. The molecule has 0 radical (unpaired) electrons. The molecule has 0 aliphatic carbocycles. The summed E-state index contributed by atoms with van der Waals surface area (Å²) in [7, 11) is 0. The van der Waals surface area contributed by atoms with Crippen molar-refractivity contribution in [1.29, 1.82) is 0 Å². The normalized spacial score (nSPS) is 17.5. The maximum atomic E-state index is 12.1. The molecule has 1 atom stereocenters. The summed E-state index contributed by atoms with van der Waals surface area (Å²) in [4.78, 5) is 15.7. The highest BCUT2D eigenvalue weighted by molar-refractivity contribution is 7.09. The van der Waals surface area contributed by atoms with E-state index < -0.39 is 0 Å². The third kappa shape index (κ3) is 5.15. The van der Waals surface area contributed by atoms with Crippen molar-refractivity contribution < 1.29 is 14.1 Å². The number of ether oxygens (including phenoxy) is 1. The number of carbonyl (C=O) groups excluding carboxylic acids is 1. The van der Waals surface area contributed by atoms with Crippen molar-refractivity contribution in [2.45, 2.75) is 38.8 Å². The number of thiophene rings is 1. The van der Waals surface area contributed by atoms with Gasteiger partial charge in [0.15, 0.2) is 5.82 Å². The van der Waals surface area contributed by atoms with Crippen molar-refractivity contribution in [2.75, 3.05) is 25.0 Å². The Kier molecular flexibility index (Phi) is 6.01. The molecule has 1 fully saturated rings. The van der Waals surface area contributed by atoms with Crippen molar-refractivity contribution in [2.24, 2.45) is 0 Å². The van der Waals surface area contributed by atoms with Crippen LogP contribution in [-0.2, 0) is 16.1 Å². The average molecular weight is 349 g/mol. The molecule has 0 bridgehead atoms. The van der Waals surface area contributed by atoms with Gasteiger partial charge in [-0.15, -0.1) is 11.3 Å². The Hall–Kier alpha value is -1.70. The first-order valence-electron chi connectivity index (χ1n) is 8.28. The lowest BCUT2D eigenvalue weighted by Gasteiger charge is -2.24. The van der Waals surface area contributed by atoms with E-state index in [1.165, 1.54) is 4.88 Å². The zero-order chi connectivity index (χ0) is 16.8. The fourth-order valence-corrected chi connectivity index (χ4v) is 3.57. The summed E-state index contributed by atoms with van der Waals surface area (Å²) in [6.07, 6.45) is 2.94. The summed E-state index contributed by atoms with van der Waals surface area (Å²) < 4.78 is 10.7. The Balaban J connectivity index is 1.51. The van der Waals surface area contributed by atoms with Crippen molar-refractivity contribution >= 4 is 23.1 Å². The molecule has 0 unspecified atom stereocenters. The molecule has 24 heavy (non-hydrogen) atoms. The van der Waals surface area contributed by atoms with Gasteiger partial charge in [0, 0.05) is 43.6 Å². The van der Waals surface area contributed by atoms with Crippen molar-refractivity contribution in [3.8, 4) is 0 Å². The number of hydrogen-bond donors (Lipinski definition) is 1. The molecule has 0 aromatic carbocycles. The molecule has 3 heterocycles. The lowest BCUT2D eigenvalue weighted by molar-refractivity contribution is -0.116. The topological polar surface area (TPSA) is 67.6 Å². The molecule has 1 amide bonds. The summed E-state index contributed by atoms with van der Waals surface area (Å²) in [5, 5.41) is 8.64. The maximum Gasteiger partial charge on any atom is 0.226 e. The van der Waals surface area contributed by atoms with E-state index in [-0.39, 0.29) is 12.0 Å². The highest BCUT2D eigenvalue weighted by Crippen LogP contribution is 2.17. The van der Waals surface area contributed by atoms with Gasteiger partial charge in [0.25, 0.3) is 0 Å². The Morgan fingerprint density at radius 1 is 1.54 bits per heavy atom. The molecule has 1 saturated heterocycles. The van der Waals surface area contributed by atoms with Crippen LogP contribution in [-0.4, -0.2) is 41.8 Å². The van der Waals surface area contributed by atoms with Crippen LogP contribution in [0.4, 0.5) is 5.82 Å². The molecular weight excluding hydrogens is 326 g/mol. The standard InChI is InChI=1S/C17H23N3O3S/c1-13-10-16(19-23-13)18-17(21)6-7-20(11-14-4-2-8-22-14)12-15-5-3-9-24-15/h3,5,9-10,14H,2,4,6-8,11-12H2,1H3,(H,18,19,21)/t14-/m0/s1. The van der Waals surface area contributed by atoms with Gasteiger partial charge < -0.3 is 14.6 Å². The lowest BCUT2D eigenvalue weighted by atomic mass is 10.2. The molecule has 7 heteroatoms. The van der Waals surface area contributed by atoms with E-state index in [1.807, 2.05) is 0 Å². The Morgan fingerprint density at radius 3 is 3.12 bits per heavy atom. The Labute approximate surface area is 145 Å². The molecule has 1 aliphatic heterocycles. The molecule has 1 N–H and O–H groups in total. The molecular formula is C17H23N3O3S. The highest BCUT2D eigenvalue weighted by Gasteiger charge is 2.20. The summed E-state index contributed by atoms with van der Waals surface area (Å²) >= 11 is 1.74. The van der Waals surface area contributed by atoms with Gasteiger partial charge in [0.2, 0.25) is 5.91 Å². The largest absolute Gasteiger partial charge is 0.377 e. The van der Waals surface area contributed by atoms with Gasteiger partial charge >= 0.3 is 0 Å². The van der Waals surface area contributed by atoms with Crippen LogP contribution < -0.4 is 5.32 Å². The number of hydrogen-bond acceptors (Lipinski definition) is 6. The number of nitrogens with one attached hydrogen (secondary N) is 1. The number of aromatic nitrogens is 1. The van der Waals surface area contributed by atoms with Gasteiger partial charge in [-0.1, -0.05) is 11.2 Å². The summed E-state index contributed by atoms with van der Waals surface area (Å²) in [6, 6.07) is 5.91. The third-order valence-electron chi connectivity index (χ3n) is 4.00. The van der Waals surface area contributed by atoms with Crippen LogP contribution in [0.2, 0.25) is 0 Å². The predicted octanol–water partition coefficient (Wildman–Crippen LogP) is 3.05. The van der Waals surface area contributed by atoms with Gasteiger partial charge in [-0.3, -0.25) is 9.69 Å². The maximum absolute atomic E-state index is 12.1. The van der Waals surface area contributed by atoms with Crippen molar-refractivity contribution in [3.05, 3.63) is 34.2 Å². The summed E-state index contributed by atoms with van der Waals surface area (Å²) in [5.41, 5.74) is 0. The van der Waals surface area contributed by atoms with E-state index in [0.717, 1.165) is 32.5 Å². The minimum Gasteiger partial charge on any atom is -0.377 e. The number of aryl methyl sites for hydroxylation is 1. The van der Waals surface area contributed by atoms with Crippen LogP contribution in [0.25, 0.3) is 0 Å². The smallest absolute Gasteiger partial charge is 0.226 e. The second-order valence-electron chi connectivity index (χ2n) is 6.07. The van der Waals surface area contributed by atoms with E-state index >= 15 is 0 Å². The zero-order valence-electron chi connectivity index (χ0n) is 13.9. The Morgan fingerprint density at radius 2 is 2.46 bits per heavy atom. The van der Waals surface area contributed by atoms with E-state index in [0.29, 0.717) is 24.5 Å². The first-order valence-corrected chi connectivity index (χ1v) is 9.16. The van der Waals surface area contributed by atoms with Crippen molar-refractivity contribution in [3.63, 3.8) is 0 Å². The van der Waals surface area contributed by atoms with Crippen LogP contribution >= 0.6 is 11.3 Å². The number of rotatable bonds is 8. The van der Waals surface area contributed by atoms with Crippen LogP contribution in [0.5, 0.6) is 0 Å². The number of amides is 1. The van der Waals surface area contributed by atoms with E-state index in [2.05, 4.69) is 32.9 Å². The molecule has 3 rings (SSSR count). The number of anilines is 1. The first-order chi connectivity index (χ1) is 11.7. The number of nitrogens with zero attached hydrogens (tertiary/aromatic N) is 2. The molecule has 130 valence electrons. The fraction of sp³-hybridized carbons (Fsp3) is 0.529. The second-order valence-corrected chi connectivity index (χ2v) is 7.10.